The van der Waals surface area contributed by atoms with Crippen molar-refractivity contribution in [3.05, 3.63) is 81.0 Å². The van der Waals surface area contributed by atoms with Crippen molar-refractivity contribution in [2.75, 3.05) is 13.2 Å². The maximum absolute atomic E-state index is 13.9. The highest BCUT2D eigenvalue weighted by Gasteiger charge is 2.42. The fourth-order valence-electron chi connectivity index (χ4n) is 4.19. The highest BCUT2D eigenvalue weighted by Crippen LogP contribution is 2.38. The second-order valence-corrected chi connectivity index (χ2v) is 8.81. The first-order valence-electron chi connectivity index (χ1n) is 11.1. The summed E-state index contributed by atoms with van der Waals surface area (Å²) in [4.78, 5) is 28.4. The number of amides is 1. The number of fused-ring (bicyclic) bond motifs is 2. The summed E-state index contributed by atoms with van der Waals surface area (Å²) < 4.78 is 25.3. The Bertz CT molecular complexity index is 1200. The van der Waals surface area contributed by atoms with E-state index >= 15 is 0 Å². The lowest BCUT2D eigenvalue weighted by Crippen LogP contribution is -2.31. The minimum Gasteiger partial charge on any atom is -0.450 e. The van der Waals surface area contributed by atoms with Gasteiger partial charge in [0.2, 0.25) is 5.76 Å². The first-order chi connectivity index (χ1) is 15.3. The van der Waals surface area contributed by atoms with Crippen LogP contribution in [0, 0.1) is 5.82 Å². The number of nitrogens with zero attached hydrogens (tertiary/aromatic N) is 1. The van der Waals surface area contributed by atoms with Gasteiger partial charge in [-0.2, -0.15) is 0 Å². The molecule has 0 aliphatic carbocycles. The van der Waals surface area contributed by atoms with E-state index in [1.54, 1.807) is 4.90 Å². The number of rotatable bonds is 7. The fraction of sp³-hybridized carbons (Fsp3) is 0.385. The fourth-order valence-corrected chi connectivity index (χ4v) is 4.19. The highest BCUT2D eigenvalue weighted by atomic mass is 19.1. The van der Waals surface area contributed by atoms with Crippen LogP contribution < -0.4 is 5.43 Å². The van der Waals surface area contributed by atoms with Crippen LogP contribution in [0.3, 0.4) is 0 Å². The van der Waals surface area contributed by atoms with E-state index in [1.165, 1.54) is 23.8 Å². The minimum absolute atomic E-state index is 0.0387. The predicted octanol–water partition coefficient (Wildman–Crippen LogP) is 5.42. The largest absolute Gasteiger partial charge is 0.450 e. The SMILES string of the molecule is CC(C)OCCCN1C(=O)c2oc3ccc(F)cc3c(=O)c2C1c1ccc(C(C)C)cc1. The third kappa shape index (κ3) is 4.07. The van der Waals surface area contributed by atoms with Gasteiger partial charge in [0.1, 0.15) is 11.4 Å². The van der Waals surface area contributed by atoms with E-state index in [1.807, 2.05) is 38.1 Å². The van der Waals surface area contributed by atoms with Crippen molar-refractivity contribution in [1.29, 1.82) is 0 Å². The highest BCUT2D eigenvalue weighted by molar-refractivity contribution is 5.99. The average molecular weight is 438 g/mol. The van der Waals surface area contributed by atoms with Crippen LogP contribution in [0.4, 0.5) is 4.39 Å². The van der Waals surface area contributed by atoms with Gasteiger partial charge in [-0.05, 0) is 55.5 Å². The molecule has 168 valence electrons. The van der Waals surface area contributed by atoms with Crippen molar-refractivity contribution >= 4 is 16.9 Å². The van der Waals surface area contributed by atoms with E-state index in [4.69, 9.17) is 9.15 Å². The minimum atomic E-state index is -0.582. The van der Waals surface area contributed by atoms with Gasteiger partial charge >= 0.3 is 0 Å². The molecule has 6 heteroatoms. The van der Waals surface area contributed by atoms with E-state index in [0.29, 0.717) is 25.5 Å². The Morgan fingerprint density at radius 3 is 2.44 bits per heavy atom. The van der Waals surface area contributed by atoms with Gasteiger partial charge < -0.3 is 14.1 Å². The molecule has 0 spiro atoms. The third-order valence-corrected chi connectivity index (χ3v) is 5.84. The van der Waals surface area contributed by atoms with E-state index < -0.39 is 11.9 Å². The van der Waals surface area contributed by atoms with E-state index in [0.717, 1.165) is 5.56 Å². The van der Waals surface area contributed by atoms with Gasteiger partial charge in [0.15, 0.2) is 5.43 Å². The Morgan fingerprint density at radius 2 is 1.78 bits per heavy atom. The van der Waals surface area contributed by atoms with Gasteiger partial charge in [-0.25, -0.2) is 4.39 Å². The number of halogens is 1. The molecule has 1 unspecified atom stereocenters. The standard InChI is InChI=1S/C26H28FNO4/c1-15(2)17-6-8-18(9-7-17)23-22-24(29)20-14-19(27)10-11-21(20)32-25(22)26(30)28(23)12-5-13-31-16(3)4/h6-11,14-16,23H,5,12-13H2,1-4H3. The van der Waals surface area contributed by atoms with E-state index in [9.17, 15) is 14.0 Å². The first kappa shape index (κ1) is 22.2. The molecule has 0 bridgehead atoms. The van der Waals surface area contributed by atoms with E-state index in [2.05, 4.69) is 13.8 Å². The summed E-state index contributed by atoms with van der Waals surface area (Å²) in [5, 5.41) is 0.144. The lowest BCUT2D eigenvalue weighted by Gasteiger charge is -2.25. The normalized spacial score (nSPS) is 15.9. The van der Waals surface area contributed by atoms with Crippen LogP contribution in [0.1, 0.15) is 73.3 Å². The molecule has 2 heterocycles. The summed E-state index contributed by atoms with van der Waals surface area (Å²) in [7, 11) is 0. The maximum Gasteiger partial charge on any atom is 0.290 e. The maximum atomic E-state index is 13.9. The average Bonchev–Trinajstić information content (AvgIpc) is 3.04. The summed E-state index contributed by atoms with van der Waals surface area (Å²) in [5.41, 5.74) is 2.11. The van der Waals surface area contributed by atoms with E-state index in [-0.39, 0.29) is 39.7 Å². The molecule has 2 aromatic carbocycles. The van der Waals surface area contributed by atoms with Crippen LogP contribution in [-0.2, 0) is 4.74 Å². The quantitative estimate of drug-likeness (QED) is 0.464. The molecule has 0 radical (unpaired) electrons. The molecule has 0 saturated carbocycles. The second-order valence-electron chi connectivity index (χ2n) is 8.81. The Balaban J connectivity index is 1.80. The molecule has 1 aliphatic heterocycles. The van der Waals surface area contributed by atoms with Crippen LogP contribution in [0.15, 0.2) is 51.7 Å². The Morgan fingerprint density at radius 1 is 1.06 bits per heavy atom. The molecule has 1 aliphatic rings. The molecule has 32 heavy (non-hydrogen) atoms. The van der Waals surface area contributed by atoms with Crippen LogP contribution >= 0.6 is 0 Å². The lowest BCUT2D eigenvalue weighted by molar-refractivity contribution is 0.0593. The molecule has 5 nitrogen and oxygen atoms in total. The van der Waals surface area contributed by atoms with Crippen molar-refractivity contribution in [3.63, 3.8) is 0 Å². The molecule has 0 N–H and O–H groups in total. The van der Waals surface area contributed by atoms with Crippen molar-refractivity contribution in [2.45, 2.75) is 52.2 Å². The van der Waals surface area contributed by atoms with Crippen molar-refractivity contribution < 1.29 is 18.3 Å². The van der Waals surface area contributed by atoms with Gasteiger partial charge in [-0.15, -0.1) is 0 Å². The monoisotopic (exact) mass is 437 g/mol. The Labute approximate surface area is 186 Å². The zero-order valence-electron chi connectivity index (χ0n) is 18.9. The van der Waals surface area contributed by atoms with Crippen LogP contribution in [0.5, 0.6) is 0 Å². The van der Waals surface area contributed by atoms with Gasteiger partial charge in [0, 0.05) is 13.2 Å². The summed E-state index contributed by atoms with van der Waals surface area (Å²) in [6, 6.07) is 11.1. The Kier molecular flexibility index (Phi) is 6.15. The van der Waals surface area contributed by atoms with Crippen LogP contribution in [0.2, 0.25) is 0 Å². The summed E-state index contributed by atoms with van der Waals surface area (Å²) in [6.45, 7) is 9.06. The van der Waals surface area contributed by atoms with Gasteiger partial charge in [-0.1, -0.05) is 38.1 Å². The number of ether oxygens (including phenoxy) is 1. The molecule has 3 aromatic rings. The molecular weight excluding hydrogens is 409 g/mol. The number of hydrogen-bond donors (Lipinski definition) is 0. The summed E-state index contributed by atoms with van der Waals surface area (Å²) >= 11 is 0. The first-order valence-corrected chi connectivity index (χ1v) is 11.1. The molecule has 1 amide bonds. The number of carbonyl (C=O) groups is 1. The zero-order chi connectivity index (χ0) is 23.0. The topological polar surface area (TPSA) is 59.8 Å². The van der Waals surface area contributed by atoms with Gasteiger partial charge in [-0.3, -0.25) is 9.59 Å². The molecule has 1 aromatic heterocycles. The third-order valence-electron chi connectivity index (χ3n) is 5.84. The van der Waals surface area contributed by atoms with Gasteiger partial charge in [0.05, 0.1) is 23.1 Å². The van der Waals surface area contributed by atoms with Crippen molar-refractivity contribution in [2.24, 2.45) is 0 Å². The summed E-state index contributed by atoms with van der Waals surface area (Å²) in [5.74, 6) is -0.444. The van der Waals surface area contributed by atoms with Crippen molar-refractivity contribution in [1.82, 2.24) is 4.90 Å². The van der Waals surface area contributed by atoms with Gasteiger partial charge in [0.25, 0.3) is 5.91 Å². The Hall–Kier alpha value is -2.99. The molecule has 1 atom stereocenters. The number of carbonyl (C=O) groups excluding carboxylic acids is 1. The zero-order valence-corrected chi connectivity index (χ0v) is 18.9. The number of hydrogen-bond acceptors (Lipinski definition) is 4. The van der Waals surface area contributed by atoms with Crippen LogP contribution in [-0.4, -0.2) is 30.1 Å². The second kappa shape index (κ2) is 8.87. The number of benzene rings is 2. The van der Waals surface area contributed by atoms with Crippen molar-refractivity contribution in [3.8, 4) is 0 Å². The lowest BCUT2D eigenvalue weighted by atomic mass is 9.95. The molecule has 4 rings (SSSR count). The molecular formula is C26H28FNO4. The summed E-state index contributed by atoms with van der Waals surface area (Å²) in [6.07, 6.45) is 0.727. The molecule has 0 saturated heterocycles. The smallest absolute Gasteiger partial charge is 0.290 e. The molecule has 0 fully saturated rings. The van der Waals surface area contributed by atoms with Crippen LogP contribution in [0.25, 0.3) is 11.0 Å². The predicted molar refractivity (Wildman–Crippen MR) is 122 cm³/mol.